The van der Waals surface area contributed by atoms with E-state index in [1.807, 2.05) is 44.2 Å². The fourth-order valence-electron chi connectivity index (χ4n) is 3.94. The zero-order chi connectivity index (χ0) is 24.3. The molecule has 0 saturated carbocycles. The first-order chi connectivity index (χ1) is 15.6. The van der Waals surface area contributed by atoms with Crippen molar-refractivity contribution in [3.63, 3.8) is 0 Å². The summed E-state index contributed by atoms with van der Waals surface area (Å²) in [7, 11) is 1.51. The molecular formula is C25H26N3NaO5. The van der Waals surface area contributed by atoms with Crippen LogP contribution >= 0.6 is 0 Å². The topological polar surface area (TPSA) is 119 Å². The van der Waals surface area contributed by atoms with Gasteiger partial charge in [-0.3, -0.25) is 9.59 Å². The normalized spacial score (nSPS) is 16.3. The predicted octanol–water partition coefficient (Wildman–Crippen LogP) is -1.23. The Hall–Kier alpha value is -2.94. The fraction of sp³-hybridized carbons (Fsp3) is 0.280. The van der Waals surface area contributed by atoms with Crippen molar-refractivity contribution in [3.05, 3.63) is 70.9 Å². The van der Waals surface area contributed by atoms with Crippen LogP contribution in [0.3, 0.4) is 0 Å². The summed E-state index contributed by atoms with van der Waals surface area (Å²) in [6, 6.07) is 10.0. The van der Waals surface area contributed by atoms with Crippen molar-refractivity contribution in [2.75, 3.05) is 7.05 Å². The molecule has 2 atom stereocenters. The van der Waals surface area contributed by atoms with Crippen molar-refractivity contribution in [1.82, 2.24) is 15.5 Å². The van der Waals surface area contributed by atoms with Crippen LogP contribution in [0.1, 0.15) is 36.1 Å². The van der Waals surface area contributed by atoms with Gasteiger partial charge in [-0.2, -0.15) is 0 Å². The molecule has 3 rings (SSSR count). The molecular weight excluding hydrogens is 445 g/mol. The molecule has 1 unspecified atom stereocenters. The molecule has 3 amide bonds. The third-order valence-electron chi connectivity index (χ3n) is 5.75. The first kappa shape index (κ1) is 27.3. The van der Waals surface area contributed by atoms with Gasteiger partial charge in [0.2, 0.25) is 0 Å². The number of nitrogens with zero attached hydrogens (tertiary/aromatic N) is 1. The van der Waals surface area contributed by atoms with E-state index in [0.29, 0.717) is 11.3 Å². The van der Waals surface area contributed by atoms with Crippen LogP contribution in [0.15, 0.2) is 54.2 Å². The first-order valence-corrected chi connectivity index (χ1v) is 10.5. The van der Waals surface area contributed by atoms with Gasteiger partial charge >= 0.3 is 35.6 Å². The predicted molar refractivity (Wildman–Crippen MR) is 121 cm³/mol. The van der Waals surface area contributed by atoms with Gasteiger partial charge in [0, 0.05) is 31.2 Å². The molecule has 2 aromatic carbocycles. The Kier molecular flexibility index (Phi) is 9.21. The number of aliphatic carboxylic acids is 1. The summed E-state index contributed by atoms with van der Waals surface area (Å²) >= 11 is 0. The van der Waals surface area contributed by atoms with E-state index in [1.54, 1.807) is 19.1 Å². The second kappa shape index (κ2) is 11.5. The third kappa shape index (κ3) is 6.14. The zero-order valence-corrected chi connectivity index (χ0v) is 22.0. The number of carboxylic acids is 1. The van der Waals surface area contributed by atoms with E-state index in [0.717, 1.165) is 22.3 Å². The van der Waals surface area contributed by atoms with Gasteiger partial charge in [-0.05, 0) is 54.7 Å². The number of likely N-dealkylation sites (N-methyl/N-ethyl adjacent to an activating group) is 1. The molecule has 0 fully saturated rings. The van der Waals surface area contributed by atoms with Crippen LogP contribution in [-0.2, 0) is 14.4 Å². The Bertz CT molecular complexity index is 1140. The van der Waals surface area contributed by atoms with Crippen molar-refractivity contribution in [2.45, 2.75) is 39.3 Å². The molecule has 2 aromatic rings. The van der Waals surface area contributed by atoms with Crippen LogP contribution in [0, 0.1) is 13.8 Å². The van der Waals surface area contributed by atoms with Crippen molar-refractivity contribution in [2.24, 2.45) is 0 Å². The van der Waals surface area contributed by atoms with Gasteiger partial charge in [0.05, 0.1) is 6.04 Å². The van der Waals surface area contributed by atoms with Crippen molar-refractivity contribution >= 4 is 23.7 Å². The number of urea groups is 1. The Morgan fingerprint density at radius 3 is 2.29 bits per heavy atom. The fourth-order valence-corrected chi connectivity index (χ4v) is 3.94. The monoisotopic (exact) mass is 471 g/mol. The van der Waals surface area contributed by atoms with E-state index in [4.69, 9.17) is 0 Å². The van der Waals surface area contributed by atoms with E-state index < -0.39 is 42.2 Å². The average molecular weight is 471 g/mol. The summed E-state index contributed by atoms with van der Waals surface area (Å²) in [5.74, 6) is -2.45. The van der Waals surface area contributed by atoms with Gasteiger partial charge in [-0.25, -0.2) is 4.79 Å². The van der Waals surface area contributed by atoms with Crippen LogP contribution in [0.2, 0.25) is 0 Å². The van der Waals surface area contributed by atoms with E-state index in [2.05, 4.69) is 10.6 Å². The SMILES string of the molecule is CC1=CC(=O)C(NC(=O)N[C@@H](CC(=O)[O-])c2cccc(-c3c(C)cccc3C)c2)C(=O)N1C.[Na+]. The molecule has 0 spiro atoms. The molecule has 2 N–H and O–H groups in total. The van der Waals surface area contributed by atoms with E-state index in [1.165, 1.54) is 18.0 Å². The number of benzene rings is 2. The second-order valence-corrected chi connectivity index (χ2v) is 8.16. The van der Waals surface area contributed by atoms with E-state index >= 15 is 0 Å². The largest absolute Gasteiger partial charge is 1.00 e. The Morgan fingerprint density at radius 1 is 1.06 bits per heavy atom. The van der Waals surface area contributed by atoms with Crippen LogP contribution in [0.4, 0.5) is 4.79 Å². The number of hydrogen-bond acceptors (Lipinski definition) is 5. The second-order valence-electron chi connectivity index (χ2n) is 8.16. The Labute approximate surface area is 220 Å². The van der Waals surface area contributed by atoms with Gasteiger partial charge in [-0.1, -0.05) is 36.4 Å². The molecule has 0 bridgehead atoms. The number of ketones is 1. The summed E-state index contributed by atoms with van der Waals surface area (Å²) in [6.07, 6.45) is 0.800. The van der Waals surface area contributed by atoms with Crippen molar-refractivity contribution in [3.8, 4) is 11.1 Å². The smallest absolute Gasteiger partial charge is 0.550 e. The molecule has 0 aliphatic carbocycles. The molecule has 34 heavy (non-hydrogen) atoms. The molecule has 0 radical (unpaired) electrons. The summed E-state index contributed by atoms with van der Waals surface area (Å²) in [5.41, 5.74) is 5.07. The van der Waals surface area contributed by atoms with E-state index in [9.17, 15) is 24.3 Å². The molecule has 1 aliphatic heterocycles. The van der Waals surface area contributed by atoms with Gasteiger partial charge in [0.25, 0.3) is 5.91 Å². The zero-order valence-electron chi connectivity index (χ0n) is 20.0. The maximum Gasteiger partial charge on any atom is 1.00 e. The van der Waals surface area contributed by atoms with Crippen LogP contribution < -0.4 is 45.3 Å². The van der Waals surface area contributed by atoms with Gasteiger partial charge in [0.15, 0.2) is 11.8 Å². The molecule has 172 valence electrons. The number of nitrogens with one attached hydrogen (secondary N) is 2. The molecule has 9 heteroatoms. The number of allylic oxidation sites excluding steroid dienone is 1. The number of hydrogen-bond donors (Lipinski definition) is 2. The summed E-state index contributed by atoms with van der Waals surface area (Å²) in [4.78, 5) is 49.9. The minimum absolute atomic E-state index is 0. The number of rotatable bonds is 6. The van der Waals surface area contributed by atoms with Crippen molar-refractivity contribution < 1.29 is 53.8 Å². The van der Waals surface area contributed by atoms with Gasteiger partial charge in [-0.15, -0.1) is 0 Å². The number of aryl methyl sites for hydroxylation is 2. The number of carboxylic acid groups (broad SMARTS) is 1. The Balaban J connectivity index is 0.00000408. The number of amides is 3. The maximum absolute atomic E-state index is 12.6. The minimum Gasteiger partial charge on any atom is -0.550 e. The number of carbonyl (C=O) groups is 4. The van der Waals surface area contributed by atoms with E-state index in [-0.39, 0.29) is 29.6 Å². The average Bonchev–Trinajstić information content (AvgIpc) is 2.74. The summed E-state index contributed by atoms with van der Waals surface area (Å²) in [6.45, 7) is 5.60. The summed E-state index contributed by atoms with van der Waals surface area (Å²) in [5, 5.41) is 16.3. The quantitative estimate of drug-likeness (QED) is 0.404. The Morgan fingerprint density at radius 2 is 1.68 bits per heavy atom. The van der Waals surface area contributed by atoms with Crippen LogP contribution in [-0.4, -0.2) is 41.7 Å². The van der Waals surface area contributed by atoms with Crippen molar-refractivity contribution in [1.29, 1.82) is 0 Å². The van der Waals surface area contributed by atoms with Crippen LogP contribution in [0.5, 0.6) is 0 Å². The van der Waals surface area contributed by atoms with Gasteiger partial charge < -0.3 is 25.4 Å². The third-order valence-corrected chi connectivity index (χ3v) is 5.75. The molecule has 1 heterocycles. The van der Waals surface area contributed by atoms with Gasteiger partial charge in [0.1, 0.15) is 0 Å². The first-order valence-electron chi connectivity index (χ1n) is 10.5. The minimum atomic E-state index is -1.37. The molecule has 0 aromatic heterocycles. The van der Waals surface area contributed by atoms with Crippen LogP contribution in [0.25, 0.3) is 11.1 Å². The maximum atomic E-state index is 12.6. The molecule has 8 nitrogen and oxygen atoms in total. The number of carbonyl (C=O) groups excluding carboxylic acids is 4. The summed E-state index contributed by atoms with van der Waals surface area (Å²) < 4.78 is 0. The molecule has 1 aliphatic rings. The molecule has 0 saturated heterocycles. The standard InChI is InChI=1S/C25H27N3O5.Na/c1-14-7-5-8-15(2)22(14)18-10-6-9-17(12-18)19(13-21(30)31)26-25(33)27-23-20(29)11-16(3)28(4)24(23)32;/h5-12,19,23H,13H2,1-4H3,(H,30,31)(H2,26,27,33);/q;+1/p-1/t19-,23?;/m0./s1.